The maximum atomic E-state index is 12.9. The molecule has 0 N–H and O–H groups in total. The van der Waals surface area contributed by atoms with Crippen LogP contribution in [0.15, 0.2) is 134 Å². The van der Waals surface area contributed by atoms with Crippen molar-refractivity contribution < 1.29 is 28.6 Å². The smallest absolute Gasteiger partial charge is 0.306 e. The summed E-state index contributed by atoms with van der Waals surface area (Å²) in [6.45, 7) is 6.50. The average molecular weight is 1150 g/mol. The molecule has 0 aromatic rings. The maximum Gasteiger partial charge on any atom is 0.306 e. The lowest BCUT2D eigenvalue weighted by atomic mass is 10.1. The number of allylic oxidation sites excluding steroid dienone is 22. The van der Waals surface area contributed by atoms with Crippen LogP contribution in [0.4, 0.5) is 0 Å². The predicted octanol–water partition coefficient (Wildman–Crippen LogP) is 24.1. The SMILES string of the molecule is CC/C=C\C/C=C\C/C=C\C/C=C\C/C=C\C/C=C\C/C=C\C/C=C\CCCCCCCCCCC(=O)OCC(COC(=O)CCCCCCCCCCC)OC(=O)CCCCCCCCCC/C=C\C/C=C\C/C=C\CCCCCCC. The Labute approximate surface area is 513 Å². The third kappa shape index (κ3) is 68.2. The van der Waals surface area contributed by atoms with E-state index >= 15 is 0 Å². The number of hydrogen-bond acceptors (Lipinski definition) is 6. The van der Waals surface area contributed by atoms with Crippen molar-refractivity contribution in [3.8, 4) is 0 Å². The molecule has 472 valence electrons. The molecule has 0 aliphatic carbocycles. The summed E-state index contributed by atoms with van der Waals surface area (Å²) in [7, 11) is 0. The van der Waals surface area contributed by atoms with E-state index in [-0.39, 0.29) is 31.1 Å². The van der Waals surface area contributed by atoms with Gasteiger partial charge in [0.1, 0.15) is 13.2 Å². The van der Waals surface area contributed by atoms with Gasteiger partial charge >= 0.3 is 17.9 Å². The summed E-state index contributed by atoms with van der Waals surface area (Å²) in [5.74, 6) is -0.897. The molecule has 83 heavy (non-hydrogen) atoms. The van der Waals surface area contributed by atoms with Gasteiger partial charge in [0.15, 0.2) is 6.10 Å². The Kier molecular flexibility index (Phi) is 66.3. The Balaban J connectivity index is 4.23. The van der Waals surface area contributed by atoms with E-state index < -0.39 is 6.10 Å². The molecule has 0 saturated carbocycles. The zero-order valence-corrected chi connectivity index (χ0v) is 54.2. The van der Waals surface area contributed by atoms with Crippen molar-refractivity contribution in [2.75, 3.05) is 13.2 Å². The van der Waals surface area contributed by atoms with Gasteiger partial charge in [0.25, 0.3) is 0 Å². The fourth-order valence-electron chi connectivity index (χ4n) is 9.47. The monoisotopic (exact) mass is 1150 g/mol. The Hall–Kier alpha value is -4.45. The zero-order chi connectivity index (χ0) is 59.9. The molecule has 0 saturated heterocycles. The van der Waals surface area contributed by atoms with Gasteiger partial charge in [-0.1, -0.05) is 309 Å². The third-order valence-electron chi connectivity index (χ3n) is 14.6. The van der Waals surface area contributed by atoms with Crippen molar-refractivity contribution in [3.05, 3.63) is 134 Å². The fraction of sp³-hybridized carbons (Fsp3) is 0.675. The number of esters is 3. The molecule has 0 amide bonds. The lowest BCUT2D eigenvalue weighted by Gasteiger charge is -2.18. The molecule has 0 fully saturated rings. The molecule has 1 atom stereocenters. The minimum Gasteiger partial charge on any atom is -0.462 e. The van der Waals surface area contributed by atoms with Crippen LogP contribution in [-0.2, 0) is 28.6 Å². The highest BCUT2D eigenvalue weighted by Crippen LogP contribution is 2.16. The number of ether oxygens (including phenoxy) is 3. The van der Waals surface area contributed by atoms with Gasteiger partial charge in [-0.15, -0.1) is 0 Å². The molecule has 0 aromatic heterocycles. The van der Waals surface area contributed by atoms with Gasteiger partial charge in [-0.05, 0) is 122 Å². The predicted molar refractivity (Wildman–Crippen MR) is 362 cm³/mol. The summed E-state index contributed by atoms with van der Waals surface area (Å²) < 4.78 is 16.9. The first-order valence-electron chi connectivity index (χ1n) is 34.7. The normalized spacial score (nSPS) is 13.0. The van der Waals surface area contributed by atoms with E-state index in [1.54, 1.807) is 0 Å². The van der Waals surface area contributed by atoms with Crippen molar-refractivity contribution in [1.29, 1.82) is 0 Å². The molecule has 6 nitrogen and oxygen atoms in total. The molecule has 0 aliphatic rings. The van der Waals surface area contributed by atoms with Crippen LogP contribution in [0.1, 0.15) is 316 Å². The minimum absolute atomic E-state index is 0.0840. The molecule has 0 aromatic carbocycles. The van der Waals surface area contributed by atoms with Gasteiger partial charge in [-0.25, -0.2) is 0 Å². The second-order valence-electron chi connectivity index (χ2n) is 22.7. The molecule has 0 aliphatic heterocycles. The standard InChI is InChI=1S/C77H128O6/c1-4-7-10-13-16-19-21-23-25-27-29-31-33-34-35-36-37-38-39-40-41-42-44-45-47-49-51-53-55-58-61-64-67-70-76(79)82-73-74(72-81-75(78)69-66-63-60-57-18-15-12-9-6-3)83-77(80)71-68-65-62-59-56-54-52-50-48-46-43-32-30-28-26-24-22-20-17-14-11-8-5-2/h7,10,16,19,22-25,28-31,34-35,37-38,40-41,43-46,74H,4-6,8-9,11-15,17-18,20-21,26-27,32-33,36,39,42,47-73H2,1-3H3/b10-7-,19-16-,24-22-,25-23-,30-28-,31-29-,35-34-,38-37-,41-40-,45-44-,46-43-. The molecular formula is C77H128O6. The van der Waals surface area contributed by atoms with E-state index in [1.165, 1.54) is 141 Å². The van der Waals surface area contributed by atoms with Gasteiger partial charge in [0, 0.05) is 19.3 Å². The zero-order valence-electron chi connectivity index (χ0n) is 54.2. The van der Waals surface area contributed by atoms with E-state index in [1.807, 2.05) is 0 Å². The molecular weight excluding hydrogens is 1020 g/mol. The Morgan fingerprint density at radius 1 is 0.253 bits per heavy atom. The lowest BCUT2D eigenvalue weighted by Crippen LogP contribution is -2.30. The van der Waals surface area contributed by atoms with E-state index in [0.29, 0.717) is 19.3 Å². The van der Waals surface area contributed by atoms with Crippen molar-refractivity contribution >= 4 is 17.9 Å². The summed E-state index contributed by atoms with van der Waals surface area (Å²) >= 11 is 0. The van der Waals surface area contributed by atoms with E-state index in [4.69, 9.17) is 14.2 Å². The summed E-state index contributed by atoms with van der Waals surface area (Å²) in [6, 6.07) is 0. The highest BCUT2D eigenvalue weighted by atomic mass is 16.6. The molecule has 0 heterocycles. The first-order valence-corrected chi connectivity index (χ1v) is 34.7. The van der Waals surface area contributed by atoms with Crippen molar-refractivity contribution in [3.63, 3.8) is 0 Å². The summed E-state index contributed by atoms with van der Waals surface area (Å²) in [5, 5.41) is 0. The number of carbonyl (C=O) groups excluding carboxylic acids is 3. The van der Waals surface area contributed by atoms with Crippen LogP contribution in [-0.4, -0.2) is 37.2 Å². The van der Waals surface area contributed by atoms with Crippen molar-refractivity contribution in [2.45, 2.75) is 322 Å². The number of rotatable bonds is 62. The van der Waals surface area contributed by atoms with Gasteiger partial charge in [0.2, 0.25) is 0 Å². The maximum absolute atomic E-state index is 12.9. The van der Waals surface area contributed by atoms with Crippen molar-refractivity contribution in [2.24, 2.45) is 0 Å². The van der Waals surface area contributed by atoms with E-state index in [9.17, 15) is 14.4 Å². The first-order chi connectivity index (χ1) is 41.0. The molecule has 1 unspecified atom stereocenters. The van der Waals surface area contributed by atoms with Crippen LogP contribution in [0.25, 0.3) is 0 Å². The quantitative estimate of drug-likeness (QED) is 0.0261. The van der Waals surface area contributed by atoms with Crippen LogP contribution in [0, 0.1) is 0 Å². The Morgan fingerprint density at radius 2 is 0.470 bits per heavy atom. The lowest BCUT2D eigenvalue weighted by molar-refractivity contribution is -0.167. The Bertz CT molecular complexity index is 1750. The van der Waals surface area contributed by atoms with Crippen LogP contribution >= 0.6 is 0 Å². The van der Waals surface area contributed by atoms with Gasteiger partial charge in [-0.3, -0.25) is 14.4 Å². The van der Waals surface area contributed by atoms with Crippen LogP contribution in [0.5, 0.6) is 0 Å². The fourth-order valence-corrected chi connectivity index (χ4v) is 9.47. The molecule has 0 radical (unpaired) electrons. The number of carbonyl (C=O) groups is 3. The first kappa shape index (κ1) is 78.5. The number of hydrogen-bond donors (Lipinski definition) is 0. The van der Waals surface area contributed by atoms with Crippen LogP contribution in [0.2, 0.25) is 0 Å². The average Bonchev–Trinajstić information content (AvgIpc) is 3.49. The summed E-state index contributed by atoms with van der Waals surface area (Å²) in [4.78, 5) is 38.3. The highest BCUT2D eigenvalue weighted by Gasteiger charge is 2.19. The summed E-state index contributed by atoms with van der Waals surface area (Å²) in [6.07, 6.45) is 99.1. The van der Waals surface area contributed by atoms with Gasteiger partial charge in [0.05, 0.1) is 0 Å². The third-order valence-corrected chi connectivity index (χ3v) is 14.6. The topological polar surface area (TPSA) is 78.9 Å². The molecule has 0 bridgehead atoms. The van der Waals surface area contributed by atoms with Gasteiger partial charge < -0.3 is 14.2 Å². The van der Waals surface area contributed by atoms with Crippen molar-refractivity contribution in [1.82, 2.24) is 0 Å². The molecule has 6 heteroatoms. The number of unbranched alkanes of at least 4 members (excludes halogenated alkanes) is 29. The van der Waals surface area contributed by atoms with Crippen LogP contribution < -0.4 is 0 Å². The van der Waals surface area contributed by atoms with Gasteiger partial charge in [-0.2, -0.15) is 0 Å². The largest absolute Gasteiger partial charge is 0.462 e. The molecule has 0 spiro atoms. The van der Waals surface area contributed by atoms with E-state index in [0.717, 1.165) is 135 Å². The van der Waals surface area contributed by atoms with Crippen LogP contribution in [0.3, 0.4) is 0 Å². The molecule has 0 rings (SSSR count). The minimum atomic E-state index is -0.788. The Morgan fingerprint density at radius 3 is 0.735 bits per heavy atom. The second kappa shape index (κ2) is 70.0. The highest BCUT2D eigenvalue weighted by molar-refractivity contribution is 5.71. The second-order valence-corrected chi connectivity index (χ2v) is 22.7. The van der Waals surface area contributed by atoms with E-state index in [2.05, 4.69) is 154 Å². The summed E-state index contributed by atoms with van der Waals surface area (Å²) in [5.41, 5.74) is 0.